The van der Waals surface area contributed by atoms with E-state index in [1.54, 1.807) is 4.90 Å². The van der Waals surface area contributed by atoms with Gasteiger partial charge in [-0.1, -0.05) is 18.2 Å². The highest BCUT2D eigenvalue weighted by atomic mass is 16.4. The van der Waals surface area contributed by atoms with Crippen molar-refractivity contribution in [3.05, 3.63) is 29.8 Å². The van der Waals surface area contributed by atoms with Gasteiger partial charge < -0.3 is 15.3 Å². The molecule has 4 aliphatic rings. The van der Waals surface area contributed by atoms with E-state index in [1.807, 2.05) is 12.1 Å². The van der Waals surface area contributed by atoms with Gasteiger partial charge in [0.15, 0.2) is 0 Å². The molecule has 3 fully saturated rings. The summed E-state index contributed by atoms with van der Waals surface area (Å²) >= 11 is 0. The van der Waals surface area contributed by atoms with Crippen LogP contribution in [0.3, 0.4) is 0 Å². The molecule has 0 saturated carbocycles. The third-order valence-electron chi connectivity index (χ3n) is 7.18. The first-order chi connectivity index (χ1) is 12.1. The Morgan fingerprint density at radius 1 is 1.12 bits per heavy atom. The van der Waals surface area contributed by atoms with Crippen LogP contribution in [0.5, 0.6) is 0 Å². The van der Waals surface area contributed by atoms with Crippen LogP contribution in [-0.4, -0.2) is 53.9 Å². The number of amides is 1. The molecule has 2 atom stereocenters. The summed E-state index contributed by atoms with van der Waals surface area (Å²) < 4.78 is 0. The molecule has 5 rings (SSSR count). The number of likely N-dealkylation sites (tertiary alicyclic amines) is 1. The highest BCUT2D eigenvalue weighted by Crippen LogP contribution is 2.47. The molecule has 0 aromatic heterocycles. The molecule has 1 aromatic rings. The fraction of sp³-hybridized carbons (Fsp3) is 0.650. The van der Waals surface area contributed by atoms with E-state index < -0.39 is 6.09 Å². The lowest BCUT2D eigenvalue weighted by atomic mass is 9.74. The number of hydrogen-bond acceptors (Lipinski definition) is 3. The van der Waals surface area contributed by atoms with E-state index in [1.165, 1.54) is 31.2 Å². The summed E-state index contributed by atoms with van der Waals surface area (Å²) in [5, 5.41) is 13.3. The normalized spacial score (nSPS) is 33.6. The predicted molar refractivity (Wildman–Crippen MR) is 97.3 cm³/mol. The second kappa shape index (κ2) is 5.71. The van der Waals surface area contributed by atoms with Gasteiger partial charge in [0.25, 0.3) is 0 Å². The Balaban J connectivity index is 1.34. The van der Waals surface area contributed by atoms with Crippen LogP contribution in [0.1, 0.15) is 44.1 Å². The number of benzene rings is 1. The summed E-state index contributed by atoms with van der Waals surface area (Å²) in [6, 6.07) is 10.3. The third-order valence-corrected chi connectivity index (χ3v) is 7.18. The van der Waals surface area contributed by atoms with Gasteiger partial charge in [0, 0.05) is 30.1 Å². The number of carboxylic acid groups (broad SMARTS) is 1. The molecule has 5 nitrogen and oxygen atoms in total. The van der Waals surface area contributed by atoms with Crippen molar-refractivity contribution in [3.63, 3.8) is 0 Å². The molecule has 2 bridgehead atoms. The Kier molecular flexibility index (Phi) is 3.57. The molecule has 25 heavy (non-hydrogen) atoms. The number of hydrogen-bond donors (Lipinski definition) is 2. The average molecular weight is 341 g/mol. The van der Waals surface area contributed by atoms with Crippen LogP contribution < -0.4 is 10.2 Å². The largest absolute Gasteiger partial charge is 0.465 e. The zero-order valence-corrected chi connectivity index (χ0v) is 14.7. The van der Waals surface area contributed by atoms with Gasteiger partial charge in [-0.15, -0.1) is 0 Å². The maximum atomic E-state index is 11.7. The van der Waals surface area contributed by atoms with E-state index in [0.29, 0.717) is 6.54 Å². The topological polar surface area (TPSA) is 55.8 Å². The van der Waals surface area contributed by atoms with Gasteiger partial charge in [0.1, 0.15) is 0 Å². The summed E-state index contributed by atoms with van der Waals surface area (Å²) in [5.41, 5.74) is 2.18. The number of fused-ring (bicyclic) bond motifs is 4. The minimum absolute atomic E-state index is 0.0252. The molecule has 1 amide bonds. The highest BCUT2D eigenvalue weighted by Gasteiger charge is 2.47. The van der Waals surface area contributed by atoms with Gasteiger partial charge in [-0.3, -0.25) is 4.90 Å². The molecular formula is C20H27N3O2. The van der Waals surface area contributed by atoms with E-state index in [9.17, 15) is 9.90 Å². The van der Waals surface area contributed by atoms with Gasteiger partial charge in [-0.25, -0.2) is 4.79 Å². The lowest BCUT2D eigenvalue weighted by molar-refractivity contribution is 0.0884. The van der Waals surface area contributed by atoms with E-state index in [-0.39, 0.29) is 5.41 Å². The van der Waals surface area contributed by atoms with Gasteiger partial charge in [0.05, 0.1) is 5.69 Å². The summed E-state index contributed by atoms with van der Waals surface area (Å²) in [5.74, 6) is 0. The maximum absolute atomic E-state index is 11.7. The number of para-hydroxylation sites is 1. The standard InChI is InChI=1S/C20H27N3O2/c24-19(25)23-13-20(17-3-1-2-4-18(17)23)7-9-22(10-8-20)16-11-14-5-6-15(12-16)21-14/h1-4,14-16,21H,5-13H2,(H,24,25). The van der Waals surface area contributed by atoms with Crippen molar-refractivity contribution in [2.24, 2.45) is 0 Å². The van der Waals surface area contributed by atoms with Crippen LogP contribution >= 0.6 is 0 Å². The van der Waals surface area contributed by atoms with Crippen LogP contribution in [-0.2, 0) is 5.41 Å². The summed E-state index contributed by atoms with van der Waals surface area (Å²) in [4.78, 5) is 16.0. The van der Waals surface area contributed by atoms with Crippen molar-refractivity contribution in [2.45, 2.75) is 62.1 Å². The molecule has 4 aliphatic heterocycles. The van der Waals surface area contributed by atoms with Crippen molar-refractivity contribution in [2.75, 3.05) is 24.5 Å². The van der Waals surface area contributed by atoms with E-state index >= 15 is 0 Å². The molecule has 1 aromatic carbocycles. The summed E-state index contributed by atoms with van der Waals surface area (Å²) in [6.45, 7) is 2.84. The first-order valence-electron chi connectivity index (χ1n) is 9.75. The summed E-state index contributed by atoms with van der Waals surface area (Å²) in [7, 11) is 0. The van der Waals surface area contributed by atoms with E-state index in [2.05, 4.69) is 22.3 Å². The van der Waals surface area contributed by atoms with Gasteiger partial charge in [-0.2, -0.15) is 0 Å². The van der Waals surface area contributed by atoms with E-state index in [4.69, 9.17) is 0 Å². The molecular weight excluding hydrogens is 314 g/mol. The second-order valence-corrected chi connectivity index (χ2v) is 8.47. The van der Waals surface area contributed by atoms with Crippen molar-refractivity contribution in [1.82, 2.24) is 10.2 Å². The predicted octanol–water partition coefficient (Wildman–Crippen LogP) is 2.80. The highest BCUT2D eigenvalue weighted by molar-refractivity contribution is 5.90. The molecule has 5 heteroatoms. The van der Waals surface area contributed by atoms with Crippen LogP contribution in [0.2, 0.25) is 0 Å². The van der Waals surface area contributed by atoms with Gasteiger partial charge in [-0.05, 0) is 63.2 Å². The maximum Gasteiger partial charge on any atom is 0.411 e. The smallest absolute Gasteiger partial charge is 0.411 e. The Bertz CT molecular complexity index is 671. The van der Waals surface area contributed by atoms with Crippen LogP contribution in [0.25, 0.3) is 0 Å². The lowest BCUT2D eigenvalue weighted by Crippen LogP contribution is -2.53. The fourth-order valence-electron chi connectivity index (χ4n) is 5.87. The minimum Gasteiger partial charge on any atom is -0.465 e. The van der Waals surface area contributed by atoms with Gasteiger partial charge in [0.2, 0.25) is 0 Å². The van der Waals surface area contributed by atoms with Gasteiger partial charge >= 0.3 is 6.09 Å². The number of nitrogens with zero attached hydrogens (tertiary/aromatic N) is 2. The zero-order chi connectivity index (χ0) is 17.0. The van der Waals surface area contributed by atoms with Crippen LogP contribution in [0.4, 0.5) is 10.5 Å². The quantitative estimate of drug-likeness (QED) is 0.825. The monoisotopic (exact) mass is 341 g/mol. The molecule has 2 N–H and O–H groups in total. The number of nitrogens with one attached hydrogen (secondary N) is 1. The molecule has 0 aliphatic carbocycles. The average Bonchev–Trinajstić information content (AvgIpc) is 3.14. The Labute approximate surface area is 149 Å². The molecule has 134 valence electrons. The molecule has 4 heterocycles. The van der Waals surface area contributed by atoms with Crippen molar-refractivity contribution < 1.29 is 9.90 Å². The number of rotatable bonds is 1. The van der Waals surface area contributed by atoms with Crippen molar-refractivity contribution >= 4 is 11.8 Å². The number of anilines is 1. The summed E-state index contributed by atoms with van der Waals surface area (Å²) in [6.07, 6.45) is 6.62. The Morgan fingerprint density at radius 2 is 1.80 bits per heavy atom. The SMILES string of the molecule is O=C(O)N1CC2(CCN(C3CC4CCC(C3)N4)CC2)c2ccccc21. The van der Waals surface area contributed by atoms with E-state index in [0.717, 1.165) is 49.7 Å². The fourth-order valence-corrected chi connectivity index (χ4v) is 5.87. The van der Waals surface area contributed by atoms with Crippen LogP contribution in [0.15, 0.2) is 24.3 Å². The molecule has 3 saturated heterocycles. The molecule has 2 unspecified atom stereocenters. The minimum atomic E-state index is -0.818. The Hall–Kier alpha value is -1.59. The first-order valence-corrected chi connectivity index (χ1v) is 9.75. The second-order valence-electron chi connectivity index (χ2n) is 8.47. The molecule has 1 spiro atoms. The van der Waals surface area contributed by atoms with Crippen LogP contribution in [0, 0.1) is 0 Å². The van der Waals surface area contributed by atoms with Crippen molar-refractivity contribution in [1.29, 1.82) is 0 Å². The van der Waals surface area contributed by atoms with Crippen molar-refractivity contribution in [3.8, 4) is 0 Å². The molecule has 0 radical (unpaired) electrons. The zero-order valence-electron chi connectivity index (χ0n) is 14.7. The third kappa shape index (κ3) is 2.48. The number of piperidine rings is 2. The Morgan fingerprint density at radius 3 is 2.48 bits per heavy atom. The first kappa shape index (κ1) is 15.6. The lowest BCUT2D eigenvalue weighted by Gasteiger charge is -2.45. The number of carbonyl (C=O) groups is 1.